The number of aromatic nitrogens is 5. The number of carbonyl (C=O) groups excluding carboxylic acids is 2. The average Bonchev–Trinajstić information content (AvgIpc) is 3.11. The second-order valence-corrected chi connectivity index (χ2v) is 8.32. The van der Waals surface area contributed by atoms with Gasteiger partial charge in [0.15, 0.2) is 11.0 Å². The second-order valence-electron chi connectivity index (χ2n) is 7.37. The summed E-state index contributed by atoms with van der Waals surface area (Å²) < 4.78 is 1.80. The molecule has 31 heavy (non-hydrogen) atoms. The molecule has 3 aromatic rings. The van der Waals surface area contributed by atoms with Gasteiger partial charge in [-0.05, 0) is 31.0 Å². The fourth-order valence-corrected chi connectivity index (χ4v) is 3.64. The van der Waals surface area contributed by atoms with Gasteiger partial charge in [-0.3, -0.25) is 14.9 Å². The lowest BCUT2D eigenvalue weighted by Gasteiger charge is -2.21. The van der Waals surface area contributed by atoms with Crippen molar-refractivity contribution in [3.05, 3.63) is 59.7 Å². The molecular formula is C21H25N7O2S. The minimum atomic E-state index is -0.327. The Kier molecular flexibility index (Phi) is 7.35. The van der Waals surface area contributed by atoms with Crippen LogP contribution >= 0.6 is 11.8 Å². The molecule has 10 heteroatoms. The number of benzene rings is 1. The van der Waals surface area contributed by atoms with Crippen molar-refractivity contribution in [3.63, 3.8) is 0 Å². The molecule has 0 saturated carbocycles. The first kappa shape index (κ1) is 22.4. The Morgan fingerprint density at radius 2 is 1.87 bits per heavy atom. The summed E-state index contributed by atoms with van der Waals surface area (Å²) in [5.41, 5.74) is 1.62. The van der Waals surface area contributed by atoms with E-state index in [2.05, 4.69) is 30.8 Å². The van der Waals surface area contributed by atoms with Gasteiger partial charge in [0.25, 0.3) is 5.91 Å². The molecule has 162 valence electrons. The first-order valence-electron chi connectivity index (χ1n) is 9.81. The zero-order valence-electron chi connectivity index (χ0n) is 17.9. The molecule has 0 saturated heterocycles. The molecule has 2 amide bonds. The van der Waals surface area contributed by atoms with Crippen LogP contribution in [0.3, 0.4) is 0 Å². The summed E-state index contributed by atoms with van der Waals surface area (Å²) in [5, 5.41) is 14.8. The van der Waals surface area contributed by atoms with Gasteiger partial charge < -0.3 is 9.88 Å². The summed E-state index contributed by atoms with van der Waals surface area (Å²) in [7, 11) is 1.82. The fourth-order valence-electron chi connectivity index (χ4n) is 2.92. The quantitative estimate of drug-likeness (QED) is 0.519. The highest BCUT2D eigenvalue weighted by Crippen LogP contribution is 2.24. The lowest BCUT2D eigenvalue weighted by molar-refractivity contribution is -0.113. The van der Waals surface area contributed by atoms with Crippen molar-refractivity contribution in [2.75, 3.05) is 11.1 Å². The molecule has 0 aliphatic heterocycles. The van der Waals surface area contributed by atoms with Crippen LogP contribution in [0.4, 0.5) is 5.95 Å². The molecule has 0 aliphatic rings. The van der Waals surface area contributed by atoms with Crippen LogP contribution in [0.15, 0.2) is 47.9 Å². The third-order valence-corrected chi connectivity index (χ3v) is 5.55. The third-order valence-electron chi connectivity index (χ3n) is 4.53. The normalized spacial score (nSPS) is 11.9. The maximum Gasteiger partial charge on any atom is 0.251 e. The first-order valence-corrected chi connectivity index (χ1v) is 10.8. The maximum atomic E-state index is 12.8. The van der Waals surface area contributed by atoms with Crippen molar-refractivity contribution >= 4 is 29.5 Å². The van der Waals surface area contributed by atoms with Crippen LogP contribution in [0.5, 0.6) is 0 Å². The summed E-state index contributed by atoms with van der Waals surface area (Å²) in [6.07, 6.45) is 3.11. The number of hydrogen-bond acceptors (Lipinski definition) is 7. The largest absolute Gasteiger partial charge is 0.342 e. The van der Waals surface area contributed by atoms with Crippen LogP contribution in [0, 0.1) is 12.8 Å². The molecule has 0 unspecified atom stereocenters. The van der Waals surface area contributed by atoms with Crippen molar-refractivity contribution in [2.45, 2.75) is 32.0 Å². The zero-order valence-corrected chi connectivity index (χ0v) is 18.7. The van der Waals surface area contributed by atoms with Gasteiger partial charge in [0.05, 0.1) is 11.8 Å². The Hall–Kier alpha value is -3.27. The molecule has 0 bridgehead atoms. The number of nitrogens with one attached hydrogen (secondary N) is 2. The highest BCUT2D eigenvalue weighted by Gasteiger charge is 2.25. The Bertz CT molecular complexity index is 1050. The number of amides is 2. The topological polar surface area (TPSA) is 115 Å². The molecule has 0 fully saturated rings. The summed E-state index contributed by atoms with van der Waals surface area (Å²) in [6.45, 7) is 5.97. The maximum absolute atomic E-state index is 12.8. The summed E-state index contributed by atoms with van der Waals surface area (Å²) >= 11 is 1.25. The molecule has 2 heterocycles. The molecule has 0 aliphatic carbocycles. The molecule has 3 rings (SSSR count). The molecular weight excluding hydrogens is 414 g/mol. The van der Waals surface area contributed by atoms with Gasteiger partial charge in [-0.2, -0.15) is 0 Å². The smallest absolute Gasteiger partial charge is 0.251 e. The van der Waals surface area contributed by atoms with Crippen LogP contribution in [0.1, 0.15) is 41.6 Å². The molecule has 2 N–H and O–H groups in total. The Morgan fingerprint density at radius 3 is 2.55 bits per heavy atom. The van der Waals surface area contributed by atoms with E-state index in [1.807, 2.05) is 46.0 Å². The van der Waals surface area contributed by atoms with Crippen molar-refractivity contribution < 1.29 is 9.59 Å². The SMILES string of the molecule is Cc1cccc(C(=O)N[C@H](c2nnc(SCC(=O)Nc3ncccn3)n2C)C(C)C)c1. The zero-order chi connectivity index (χ0) is 22.4. The number of carbonyl (C=O) groups is 2. The number of nitrogens with zero attached hydrogens (tertiary/aromatic N) is 5. The van der Waals surface area contributed by atoms with E-state index in [4.69, 9.17) is 0 Å². The van der Waals surface area contributed by atoms with E-state index < -0.39 is 0 Å². The Morgan fingerprint density at radius 1 is 1.13 bits per heavy atom. The molecule has 1 atom stereocenters. The van der Waals surface area contributed by atoms with E-state index >= 15 is 0 Å². The van der Waals surface area contributed by atoms with Gasteiger partial charge in [-0.15, -0.1) is 10.2 Å². The average molecular weight is 440 g/mol. The third kappa shape index (κ3) is 5.88. The monoisotopic (exact) mass is 439 g/mol. The fraction of sp³-hybridized carbons (Fsp3) is 0.333. The lowest BCUT2D eigenvalue weighted by atomic mass is 10.0. The number of rotatable bonds is 8. The molecule has 9 nitrogen and oxygen atoms in total. The van der Waals surface area contributed by atoms with Crippen molar-refractivity contribution in [1.82, 2.24) is 30.0 Å². The van der Waals surface area contributed by atoms with Crippen molar-refractivity contribution in [1.29, 1.82) is 0 Å². The van der Waals surface area contributed by atoms with Gasteiger partial charge in [0.2, 0.25) is 11.9 Å². The van der Waals surface area contributed by atoms with Crippen LogP contribution in [-0.2, 0) is 11.8 Å². The Labute approximate surface area is 185 Å². The van der Waals surface area contributed by atoms with E-state index in [9.17, 15) is 9.59 Å². The van der Waals surface area contributed by atoms with Gasteiger partial charge >= 0.3 is 0 Å². The van der Waals surface area contributed by atoms with Gasteiger partial charge in [-0.1, -0.05) is 43.3 Å². The predicted octanol–water partition coefficient (Wildman–Crippen LogP) is 2.77. The van der Waals surface area contributed by atoms with E-state index in [0.29, 0.717) is 16.5 Å². The number of anilines is 1. The summed E-state index contributed by atoms with van der Waals surface area (Å²) in [6, 6.07) is 8.78. The highest BCUT2D eigenvalue weighted by atomic mass is 32.2. The van der Waals surface area contributed by atoms with Crippen LogP contribution in [0.2, 0.25) is 0 Å². The number of aryl methyl sites for hydroxylation is 1. The molecule has 2 aromatic heterocycles. The van der Waals surface area contributed by atoms with Crippen LogP contribution in [0.25, 0.3) is 0 Å². The van der Waals surface area contributed by atoms with Gasteiger partial charge in [-0.25, -0.2) is 9.97 Å². The van der Waals surface area contributed by atoms with Crippen molar-refractivity contribution in [2.24, 2.45) is 13.0 Å². The van der Waals surface area contributed by atoms with E-state index in [-0.39, 0.29) is 35.5 Å². The van der Waals surface area contributed by atoms with Crippen LogP contribution < -0.4 is 10.6 Å². The predicted molar refractivity (Wildman–Crippen MR) is 119 cm³/mol. The second kappa shape index (κ2) is 10.2. The van der Waals surface area contributed by atoms with Gasteiger partial charge in [0, 0.05) is 25.0 Å². The molecule has 1 aromatic carbocycles. The number of hydrogen-bond donors (Lipinski definition) is 2. The Balaban J connectivity index is 1.67. The van der Waals surface area contributed by atoms with Crippen LogP contribution in [-0.4, -0.2) is 42.3 Å². The highest BCUT2D eigenvalue weighted by molar-refractivity contribution is 7.99. The van der Waals surface area contributed by atoms with Gasteiger partial charge in [0.1, 0.15) is 0 Å². The van der Waals surface area contributed by atoms with E-state index in [1.165, 1.54) is 11.8 Å². The molecule has 0 spiro atoms. The first-order chi connectivity index (χ1) is 14.8. The minimum Gasteiger partial charge on any atom is -0.342 e. The summed E-state index contributed by atoms with van der Waals surface area (Å²) in [4.78, 5) is 32.8. The van der Waals surface area contributed by atoms with E-state index in [1.54, 1.807) is 29.1 Å². The number of thioether (sulfide) groups is 1. The minimum absolute atomic E-state index is 0.0908. The van der Waals surface area contributed by atoms with Crippen molar-refractivity contribution in [3.8, 4) is 0 Å². The summed E-state index contributed by atoms with van der Waals surface area (Å²) in [5.74, 6) is 0.700. The standard InChI is InChI=1S/C21H25N7O2S/c1-13(2)17(25-19(30)15-8-5-7-14(3)11-15)18-26-27-21(28(18)4)31-12-16(29)24-20-22-9-6-10-23-20/h5-11,13,17H,12H2,1-4H3,(H,25,30)(H,22,23,24,29)/t17-/m0/s1. The van der Waals surface area contributed by atoms with E-state index in [0.717, 1.165) is 5.56 Å². The molecule has 0 radical (unpaired) electrons. The lowest BCUT2D eigenvalue weighted by Crippen LogP contribution is -2.33.